The summed E-state index contributed by atoms with van der Waals surface area (Å²) in [4.78, 5) is 15.6. The first-order valence-electron chi connectivity index (χ1n) is 10.4. The highest BCUT2D eigenvalue weighted by molar-refractivity contribution is 5.85. The van der Waals surface area contributed by atoms with E-state index < -0.39 is 5.97 Å². The minimum Gasteiger partial charge on any atom is -0.481 e. The quantitative estimate of drug-likeness (QED) is 0.377. The van der Waals surface area contributed by atoms with Gasteiger partial charge in [-0.2, -0.15) is 0 Å². The summed E-state index contributed by atoms with van der Waals surface area (Å²) in [5.74, 6) is 0.200. The highest BCUT2D eigenvalue weighted by Gasteiger charge is 2.22. The Kier molecular flexibility index (Phi) is 10.4. The molecule has 1 unspecified atom stereocenters. The van der Waals surface area contributed by atoms with E-state index in [1.165, 1.54) is 16.7 Å². The summed E-state index contributed by atoms with van der Waals surface area (Å²) in [5.41, 5.74) is 3.61. The Morgan fingerprint density at radius 3 is 2.77 bits per heavy atom. The van der Waals surface area contributed by atoms with E-state index in [4.69, 9.17) is 4.74 Å². The normalized spacial score (nSPS) is 15.3. The van der Waals surface area contributed by atoms with E-state index in [2.05, 4.69) is 28.5 Å². The summed E-state index contributed by atoms with van der Waals surface area (Å²) in [7, 11) is 0. The number of allylic oxidation sites excluding steroid dienone is 1. The van der Waals surface area contributed by atoms with Crippen LogP contribution in [-0.4, -0.2) is 35.8 Å². The predicted molar refractivity (Wildman–Crippen MR) is 122 cm³/mol. The molecule has 30 heavy (non-hydrogen) atoms. The smallest absolute Gasteiger partial charge is 0.303 e. The molecular weight excluding hydrogens is 400 g/mol. The number of hydrogen-bond acceptors (Lipinski definition) is 4. The zero-order valence-corrected chi connectivity index (χ0v) is 18.1. The third kappa shape index (κ3) is 7.81. The van der Waals surface area contributed by atoms with Crippen LogP contribution in [0.1, 0.15) is 49.1 Å². The maximum Gasteiger partial charge on any atom is 0.303 e. The Bertz CT molecular complexity index is 811. The van der Waals surface area contributed by atoms with Crippen LogP contribution in [-0.2, 0) is 16.0 Å². The molecule has 0 fully saturated rings. The van der Waals surface area contributed by atoms with Gasteiger partial charge in [-0.1, -0.05) is 36.4 Å². The number of carboxylic acid groups (broad SMARTS) is 1. The summed E-state index contributed by atoms with van der Waals surface area (Å²) < 4.78 is 5.90. The third-order valence-electron chi connectivity index (χ3n) is 5.26. The summed E-state index contributed by atoms with van der Waals surface area (Å²) in [5, 5.41) is 12.6. The largest absolute Gasteiger partial charge is 0.481 e. The number of carboxylic acids is 1. The van der Waals surface area contributed by atoms with E-state index >= 15 is 0 Å². The number of hydrogen-bond donors (Lipinski definition) is 2. The molecule has 0 saturated heterocycles. The average molecular weight is 431 g/mol. The van der Waals surface area contributed by atoms with Crippen molar-refractivity contribution in [3.05, 3.63) is 71.4 Å². The van der Waals surface area contributed by atoms with Gasteiger partial charge in [0, 0.05) is 19.3 Å². The fraction of sp³-hybridized carbons (Fsp3) is 0.417. The van der Waals surface area contributed by atoms with Crippen LogP contribution in [0.25, 0.3) is 0 Å². The molecule has 5 nitrogen and oxygen atoms in total. The fourth-order valence-corrected chi connectivity index (χ4v) is 3.79. The van der Waals surface area contributed by atoms with Crippen molar-refractivity contribution in [1.82, 2.24) is 4.98 Å². The number of nitrogens with zero attached hydrogens (tertiary/aromatic N) is 1. The van der Waals surface area contributed by atoms with Gasteiger partial charge in [-0.25, -0.2) is 4.98 Å². The van der Waals surface area contributed by atoms with Crippen molar-refractivity contribution in [3.63, 3.8) is 0 Å². The first-order valence-corrected chi connectivity index (χ1v) is 10.4. The number of nitrogens with one attached hydrogen (secondary N) is 1. The fourth-order valence-electron chi connectivity index (χ4n) is 3.79. The standard InChI is InChI=1S/C24H30N2O3.ClH/c27-24(28)17-21-16-19(11-12-20-8-2-3-9-22(20)21)18-29-15-7-1-5-13-25-23-10-4-6-14-26-23;/h2-4,6,8-11,14,21H,1,5,7,12-13,15-18H2,(H,25,26)(H,27,28);1H. The second-order valence-corrected chi connectivity index (χ2v) is 7.52. The lowest BCUT2D eigenvalue weighted by Crippen LogP contribution is -2.10. The molecule has 3 rings (SSSR count). The topological polar surface area (TPSA) is 71.5 Å². The van der Waals surface area contributed by atoms with Gasteiger partial charge in [-0.3, -0.25) is 4.79 Å². The maximum atomic E-state index is 11.3. The molecule has 0 bridgehead atoms. The number of ether oxygens (including phenoxy) is 1. The SMILES string of the molecule is Cl.O=C(O)CC1CC(COCCCCCNc2ccccn2)=CCc2ccccc21. The van der Waals surface area contributed by atoms with E-state index in [1.807, 2.05) is 30.3 Å². The summed E-state index contributed by atoms with van der Waals surface area (Å²) in [6, 6.07) is 14.1. The molecule has 0 spiro atoms. The third-order valence-corrected chi connectivity index (χ3v) is 5.26. The first kappa shape index (κ1) is 23.9. The monoisotopic (exact) mass is 430 g/mol. The van der Waals surface area contributed by atoms with Gasteiger partial charge in [0.2, 0.25) is 0 Å². The summed E-state index contributed by atoms with van der Waals surface area (Å²) >= 11 is 0. The minimum atomic E-state index is -0.744. The van der Waals surface area contributed by atoms with Crippen LogP contribution in [0.4, 0.5) is 5.82 Å². The van der Waals surface area contributed by atoms with Crippen molar-refractivity contribution in [2.75, 3.05) is 25.1 Å². The second kappa shape index (κ2) is 13.0. The molecule has 1 aliphatic rings. The highest BCUT2D eigenvalue weighted by Crippen LogP contribution is 2.33. The molecule has 0 saturated carbocycles. The zero-order valence-electron chi connectivity index (χ0n) is 17.3. The lowest BCUT2D eigenvalue weighted by Gasteiger charge is -2.17. The molecule has 1 aliphatic carbocycles. The number of aromatic nitrogens is 1. The van der Waals surface area contributed by atoms with E-state index in [9.17, 15) is 9.90 Å². The highest BCUT2D eigenvalue weighted by atomic mass is 35.5. The van der Waals surface area contributed by atoms with Crippen LogP contribution in [0.3, 0.4) is 0 Å². The molecule has 1 aromatic carbocycles. The predicted octanol–water partition coefficient (Wildman–Crippen LogP) is 5.23. The van der Waals surface area contributed by atoms with E-state index in [0.29, 0.717) is 6.61 Å². The molecule has 1 atom stereocenters. The van der Waals surface area contributed by atoms with Crippen molar-refractivity contribution in [1.29, 1.82) is 0 Å². The van der Waals surface area contributed by atoms with Gasteiger partial charge in [0.15, 0.2) is 0 Å². The number of carbonyl (C=O) groups is 1. The summed E-state index contributed by atoms with van der Waals surface area (Å²) in [6.45, 7) is 2.24. The number of pyridine rings is 1. The molecular formula is C24H31ClN2O3. The van der Waals surface area contributed by atoms with Crippen LogP contribution >= 0.6 is 12.4 Å². The molecule has 162 valence electrons. The number of benzene rings is 1. The molecule has 2 aromatic rings. The van der Waals surface area contributed by atoms with Crippen LogP contribution < -0.4 is 5.32 Å². The average Bonchev–Trinajstić information content (AvgIpc) is 2.90. The number of fused-ring (bicyclic) bond motifs is 1. The Morgan fingerprint density at radius 1 is 1.13 bits per heavy atom. The molecule has 2 N–H and O–H groups in total. The van der Waals surface area contributed by atoms with Crippen molar-refractivity contribution in [2.45, 2.75) is 44.4 Å². The molecule has 0 aliphatic heterocycles. The van der Waals surface area contributed by atoms with Crippen LogP contribution in [0.5, 0.6) is 0 Å². The van der Waals surface area contributed by atoms with E-state index in [1.54, 1.807) is 6.20 Å². The van der Waals surface area contributed by atoms with Gasteiger partial charge in [0.25, 0.3) is 0 Å². The Morgan fingerprint density at radius 2 is 1.97 bits per heavy atom. The van der Waals surface area contributed by atoms with E-state index in [0.717, 1.165) is 51.1 Å². The molecule has 1 heterocycles. The molecule has 0 radical (unpaired) electrons. The Labute approximate surface area is 185 Å². The van der Waals surface area contributed by atoms with Gasteiger partial charge in [0.05, 0.1) is 13.0 Å². The van der Waals surface area contributed by atoms with Crippen LogP contribution in [0, 0.1) is 0 Å². The molecule has 1 aromatic heterocycles. The van der Waals surface area contributed by atoms with Gasteiger partial charge in [0.1, 0.15) is 5.82 Å². The van der Waals surface area contributed by atoms with Crippen molar-refractivity contribution >= 4 is 24.2 Å². The summed E-state index contributed by atoms with van der Waals surface area (Å²) in [6.07, 6.45) is 9.00. The van der Waals surface area contributed by atoms with Crippen molar-refractivity contribution in [2.24, 2.45) is 0 Å². The number of halogens is 1. The van der Waals surface area contributed by atoms with Crippen LogP contribution in [0.2, 0.25) is 0 Å². The minimum absolute atomic E-state index is 0. The number of rotatable bonds is 11. The van der Waals surface area contributed by atoms with Crippen molar-refractivity contribution < 1.29 is 14.6 Å². The molecule has 0 amide bonds. The number of aliphatic carboxylic acids is 1. The lowest BCUT2D eigenvalue weighted by atomic mass is 9.88. The van der Waals surface area contributed by atoms with Crippen molar-refractivity contribution in [3.8, 4) is 0 Å². The number of unbranched alkanes of at least 4 members (excludes halogenated alkanes) is 2. The Hall–Kier alpha value is -2.37. The van der Waals surface area contributed by atoms with Gasteiger partial charge < -0.3 is 15.2 Å². The first-order chi connectivity index (χ1) is 14.2. The van der Waals surface area contributed by atoms with Gasteiger partial charge in [-0.05, 0) is 66.9 Å². The lowest BCUT2D eigenvalue weighted by molar-refractivity contribution is -0.137. The molecule has 6 heteroatoms. The zero-order chi connectivity index (χ0) is 20.3. The Balaban J connectivity index is 0.00000320. The van der Waals surface area contributed by atoms with Crippen LogP contribution in [0.15, 0.2) is 60.3 Å². The maximum absolute atomic E-state index is 11.3. The van der Waals surface area contributed by atoms with Gasteiger partial charge in [-0.15, -0.1) is 12.4 Å². The number of anilines is 1. The van der Waals surface area contributed by atoms with E-state index in [-0.39, 0.29) is 24.7 Å². The van der Waals surface area contributed by atoms with Gasteiger partial charge >= 0.3 is 5.97 Å². The second-order valence-electron chi connectivity index (χ2n) is 7.52.